The van der Waals surface area contributed by atoms with E-state index in [1.54, 1.807) is 55.6 Å². The monoisotopic (exact) mass is 529 g/mol. The van der Waals surface area contributed by atoms with Crippen molar-refractivity contribution in [3.8, 4) is 28.4 Å². The lowest BCUT2D eigenvalue weighted by atomic mass is 10.1. The van der Waals surface area contributed by atoms with Gasteiger partial charge in [0.15, 0.2) is 5.52 Å². The number of carbonyl (C=O) groups is 1. The zero-order valence-corrected chi connectivity index (χ0v) is 22.4. The third-order valence-electron chi connectivity index (χ3n) is 6.79. The van der Waals surface area contributed by atoms with Gasteiger partial charge >= 0.3 is 0 Å². The maximum absolute atomic E-state index is 15.0. The Hall–Kier alpha value is -4.11. The fraction of sp³-hybridized carbons (Fsp3) is 0.333. The highest BCUT2D eigenvalue weighted by Gasteiger charge is 2.19. The third-order valence-corrected chi connectivity index (χ3v) is 6.79. The fourth-order valence-electron chi connectivity index (χ4n) is 4.95. The van der Waals surface area contributed by atoms with E-state index in [2.05, 4.69) is 15.2 Å². The molecule has 0 bridgehead atoms. The van der Waals surface area contributed by atoms with Crippen LogP contribution in [0.2, 0.25) is 0 Å². The van der Waals surface area contributed by atoms with Gasteiger partial charge < -0.3 is 10.1 Å². The van der Waals surface area contributed by atoms with Crippen LogP contribution in [-0.2, 0) is 17.9 Å². The Balaban J connectivity index is 1.61. The van der Waals surface area contributed by atoms with Crippen molar-refractivity contribution in [1.29, 1.82) is 0 Å². The molecule has 1 N–H and O–H groups in total. The first-order valence-electron chi connectivity index (χ1n) is 13.2. The van der Waals surface area contributed by atoms with Crippen LogP contribution in [0.1, 0.15) is 32.3 Å². The van der Waals surface area contributed by atoms with E-state index in [9.17, 15) is 14.0 Å². The van der Waals surface area contributed by atoms with E-state index in [0.29, 0.717) is 33.9 Å². The number of likely N-dealkylation sites (tertiary alicyclic amines) is 1. The average Bonchev–Trinajstić information content (AvgIpc) is 3.44. The average molecular weight is 530 g/mol. The second-order valence-corrected chi connectivity index (χ2v) is 10.1. The molecule has 1 aliphatic heterocycles. The van der Waals surface area contributed by atoms with Crippen LogP contribution in [0.3, 0.4) is 0 Å². The van der Waals surface area contributed by atoms with Gasteiger partial charge in [-0.1, -0.05) is 18.2 Å². The van der Waals surface area contributed by atoms with Crippen LogP contribution in [0.5, 0.6) is 5.75 Å². The number of amides is 1. The highest BCUT2D eigenvalue weighted by molar-refractivity contribution is 5.81. The molecule has 2 aromatic heterocycles. The Labute approximate surface area is 226 Å². The molecule has 3 heterocycles. The van der Waals surface area contributed by atoms with Gasteiger partial charge in [-0.15, -0.1) is 0 Å². The van der Waals surface area contributed by atoms with Gasteiger partial charge in [0.1, 0.15) is 23.9 Å². The van der Waals surface area contributed by atoms with E-state index in [1.807, 2.05) is 13.8 Å². The van der Waals surface area contributed by atoms with Gasteiger partial charge in [-0.05, 0) is 81.7 Å². The molecule has 39 heavy (non-hydrogen) atoms. The van der Waals surface area contributed by atoms with Crippen molar-refractivity contribution in [3.63, 3.8) is 0 Å². The van der Waals surface area contributed by atoms with Crippen LogP contribution in [-0.4, -0.2) is 51.6 Å². The van der Waals surface area contributed by atoms with E-state index in [-0.39, 0.29) is 24.0 Å². The molecule has 0 atom stereocenters. The molecule has 202 valence electrons. The predicted octanol–water partition coefficient (Wildman–Crippen LogP) is 4.39. The zero-order chi connectivity index (χ0) is 27.5. The fourth-order valence-corrected chi connectivity index (χ4v) is 4.95. The number of fused-ring (bicyclic) bond motifs is 1. The molecule has 0 spiro atoms. The van der Waals surface area contributed by atoms with Crippen molar-refractivity contribution in [3.05, 3.63) is 76.3 Å². The molecule has 5 rings (SSSR count). The Morgan fingerprint density at radius 2 is 1.87 bits per heavy atom. The van der Waals surface area contributed by atoms with E-state index in [4.69, 9.17) is 9.72 Å². The number of rotatable bonds is 8. The molecular weight excluding hydrogens is 497 g/mol. The number of benzene rings is 2. The summed E-state index contributed by atoms with van der Waals surface area (Å²) in [6.07, 6.45) is 2.35. The van der Waals surface area contributed by atoms with Crippen LogP contribution in [0, 0.1) is 5.82 Å². The summed E-state index contributed by atoms with van der Waals surface area (Å²) in [6, 6.07) is 15.4. The number of nitrogens with one attached hydrogen (secondary N) is 1. The van der Waals surface area contributed by atoms with Crippen molar-refractivity contribution in [2.45, 2.75) is 45.8 Å². The van der Waals surface area contributed by atoms with Crippen molar-refractivity contribution < 1.29 is 13.9 Å². The molecule has 2 aromatic carbocycles. The molecule has 1 aliphatic rings. The van der Waals surface area contributed by atoms with Gasteiger partial charge in [0, 0.05) is 23.7 Å². The van der Waals surface area contributed by atoms with E-state index in [0.717, 1.165) is 25.2 Å². The number of nitrogens with zero attached hydrogens (tertiary/aromatic N) is 4. The van der Waals surface area contributed by atoms with Gasteiger partial charge in [0.25, 0.3) is 5.56 Å². The SMILES string of the molecule is COc1cccc(-c2nc3ccc(-c4cc(CN5CCCC5)ccc4F)nc3c(=O)n2CC(=O)NC(C)C)c1. The minimum atomic E-state index is -0.479. The third kappa shape index (κ3) is 5.83. The molecule has 1 amide bonds. The van der Waals surface area contributed by atoms with Crippen LogP contribution < -0.4 is 15.6 Å². The lowest BCUT2D eigenvalue weighted by molar-refractivity contribution is -0.122. The van der Waals surface area contributed by atoms with Gasteiger partial charge in [-0.2, -0.15) is 0 Å². The minimum absolute atomic E-state index is 0.0702. The number of methoxy groups -OCH3 is 1. The van der Waals surface area contributed by atoms with Crippen LogP contribution in [0.25, 0.3) is 33.7 Å². The molecule has 1 saturated heterocycles. The number of carbonyl (C=O) groups excluding carboxylic acids is 1. The normalized spacial score (nSPS) is 13.8. The summed E-state index contributed by atoms with van der Waals surface area (Å²) >= 11 is 0. The maximum atomic E-state index is 15.0. The highest BCUT2D eigenvalue weighted by Crippen LogP contribution is 2.27. The molecule has 0 unspecified atom stereocenters. The zero-order valence-electron chi connectivity index (χ0n) is 22.4. The van der Waals surface area contributed by atoms with Gasteiger partial charge in [-0.3, -0.25) is 19.1 Å². The minimum Gasteiger partial charge on any atom is -0.497 e. The summed E-state index contributed by atoms with van der Waals surface area (Å²) in [6.45, 7) is 6.27. The largest absolute Gasteiger partial charge is 0.497 e. The summed E-state index contributed by atoms with van der Waals surface area (Å²) in [5, 5.41) is 2.82. The van der Waals surface area contributed by atoms with E-state index in [1.165, 1.54) is 23.5 Å². The van der Waals surface area contributed by atoms with Crippen LogP contribution in [0.4, 0.5) is 4.39 Å². The standard InChI is InChI=1S/C30H32FN5O3/c1-19(2)32-27(37)18-36-29(21-7-6-8-22(16-21)39-3)34-26-12-11-25(33-28(26)30(36)38)23-15-20(9-10-24(23)31)17-35-13-4-5-14-35/h6-12,15-16,19H,4-5,13-14,17-18H2,1-3H3,(H,32,37). The van der Waals surface area contributed by atoms with Gasteiger partial charge in [-0.25, -0.2) is 14.4 Å². The summed E-state index contributed by atoms with van der Waals surface area (Å²) in [5.41, 5.74) is 2.23. The molecule has 0 saturated carbocycles. The Kier molecular flexibility index (Phi) is 7.70. The first kappa shape index (κ1) is 26.5. The molecule has 4 aromatic rings. The number of hydrogen-bond acceptors (Lipinski definition) is 6. The Bertz CT molecular complexity index is 1580. The van der Waals surface area contributed by atoms with Crippen LogP contribution >= 0.6 is 0 Å². The van der Waals surface area contributed by atoms with E-state index < -0.39 is 11.4 Å². The highest BCUT2D eigenvalue weighted by atomic mass is 19.1. The topological polar surface area (TPSA) is 89.3 Å². The second-order valence-electron chi connectivity index (χ2n) is 10.1. The quantitative estimate of drug-likeness (QED) is 0.364. The number of aromatic nitrogens is 3. The maximum Gasteiger partial charge on any atom is 0.280 e. The lowest BCUT2D eigenvalue weighted by Gasteiger charge is -2.16. The lowest BCUT2D eigenvalue weighted by Crippen LogP contribution is -2.37. The molecule has 9 heteroatoms. The molecule has 8 nitrogen and oxygen atoms in total. The van der Waals surface area contributed by atoms with Crippen molar-refractivity contribution >= 4 is 16.9 Å². The Morgan fingerprint density at radius 1 is 1.08 bits per heavy atom. The van der Waals surface area contributed by atoms with Gasteiger partial charge in [0.2, 0.25) is 5.91 Å². The first-order chi connectivity index (χ1) is 18.8. The first-order valence-corrected chi connectivity index (χ1v) is 13.2. The summed E-state index contributed by atoms with van der Waals surface area (Å²) in [7, 11) is 1.56. The molecule has 0 aliphatic carbocycles. The van der Waals surface area contributed by atoms with Crippen molar-refractivity contribution in [1.82, 2.24) is 24.8 Å². The number of halogens is 1. The smallest absolute Gasteiger partial charge is 0.280 e. The summed E-state index contributed by atoms with van der Waals surface area (Å²) < 4.78 is 21.6. The van der Waals surface area contributed by atoms with Crippen LogP contribution in [0.15, 0.2) is 59.4 Å². The number of hydrogen-bond donors (Lipinski definition) is 1. The van der Waals surface area contributed by atoms with Crippen molar-refractivity contribution in [2.75, 3.05) is 20.2 Å². The van der Waals surface area contributed by atoms with Gasteiger partial charge in [0.05, 0.1) is 18.3 Å². The molecular formula is C30H32FN5O3. The molecule has 1 fully saturated rings. The molecule has 0 radical (unpaired) electrons. The number of pyridine rings is 1. The Morgan fingerprint density at radius 3 is 2.62 bits per heavy atom. The van der Waals surface area contributed by atoms with Crippen molar-refractivity contribution in [2.24, 2.45) is 0 Å². The predicted molar refractivity (Wildman–Crippen MR) is 149 cm³/mol. The summed E-state index contributed by atoms with van der Waals surface area (Å²) in [4.78, 5) is 38.2. The second kappa shape index (κ2) is 11.3. The number of ether oxygens (including phenoxy) is 1. The summed E-state index contributed by atoms with van der Waals surface area (Å²) in [5.74, 6) is 0.176. The van der Waals surface area contributed by atoms with E-state index >= 15 is 0 Å².